The first-order valence-corrected chi connectivity index (χ1v) is 7.39. The first-order valence-electron chi connectivity index (χ1n) is 7.01. The van der Waals surface area contributed by atoms with E-state index >= 15 is 0 Å². The van der Waals surface area contributed by atoms with Gasteiger partial charge in [-0.1, -0.05) is 51.8 Å². The van der Waals surface area contributed by atoms with E-state index in [-0.39, 0.29) is 5.41 Å². The number of halogens is 1. The van der Waals surface area contributed by atoms with Crippen LogP contribution in [0, 0.1) is 0 Å². The van der Waals surface area contributed by atoms with Crippen molar-refractivity contribution in [1.29, 1.82) is 0 Å². The van der Waals surface area contributed by atoms with Crippen LogP contribution in [0.3, 0.4) is 0 Å². The summed E-state index contributed by atoms with van der Waals surface area (Å²) in [5.41, 5.74) is 3.52. The third-order valence-corrected chi connectivity index (χ3v) is 3.75. The number of rotatable bonds is 3. The Morgan fingerprint density at radius 1 is 1.16 bits per heavy atom. The summed E-state index contributed by atoms with van der Waals surface area (Å²) in [5, 5.41) is 1.82. The minimum absolute atomic E-state index is 0.0255. The molecule has 0 N–H and O–H groups in total. The van der Waals surface area contributed by atoms with Gasteiger partial charge in [0.2, 0.25) is 0 Å². The highest BCUT2D eigenvalue weighted by molar-refractivity contribution is 6.30. The van der Waals surface area contributed by atoms with Crippen molar-refractivity contribution in [3.8, 4) is 0 Å². The molecule has 0 aliphatic rings. The standard InChI is InChI=1S/C17H22ClN/c1-5-6-7-12-8-9-15-13(10-12)11-14(16(18)19-15)17(2,3)4/h8-11H,5-7H2,1-4H3. The number of benzene rings is 1. The van der Waals surface area contributed by atoms with Crippen molar-refractivity contribution < 1.29 is 0 Å². The minimum Gasteiger partial charge on any atom is -0.236 e. The number of fused-ring (bicyclic) bond motifs is 1. The van der Waals surface area contributed by atoms with Crippen molar-refractivity contribution in [2.75, 3.05) is 0 Å². The maximum absolute atomic E-state index is 6.30. The molecule has 0 saturated heterocycles. The summed E-state index contributed by atoms with van der Waals surface area (Å²) in [6.07, 6.45) is 3.60. The van der Waals surface area contributed by atoms with Gasteiger partial charge in [0.25, 0.3) is 0 Å². The fourth-order valence-electron chi connectivity index (χ4n) is 2.26. The monoisotopic (exact) mass is 275 g/mol. The zero-order chi connectivity index (χ0) is 14.0. The zero-order valence-electron chi connectivity index (χ0n) is 12.3. The van der Waals surface area contributed by atoms with E-state index in [0.29, 0.717) is 5.15 Å². The molecule has 0 saturated carbocycles. The van der Waals surface area contributed by atoms with E-state index in [1.165, 1.54) is 23.8 Å². The van der Waals surface area contributed by atoms with Gasteiger partial charge in [-0.15, -0.1) is 0 Å². The van der Waals surface area contributed by atoms with E-state index in [4.69, 9.17) is 11.6 Å². The van der Waals surface area contributed by atoms with Gasteiger partial charge in [0.1, 0.15) is 5.15 Å². The van der Waals surface area contributed by atoms with Gasteiger partial charge >= 0.3 is 0 Å². The summed E-state index contributed by atoms with van der Waals surface area (Å²) in [6.45, 7) is 8.73. The molecule has 0 fully saturated rings. The van der Waals surface area contributed by atoms with E-state index < -0.39 is 0 Å². The van der Waals surface area contributed by atoms with Gasteiger partial charge in [0.15, 0.2) is 0 Å². The third kappa shape index (κ3) is 3.27. The van der Waals surface area contributed by atoms with Gasteiger partial charge in [0.05, 0.1) is 5.52 Å². The quantitative estimate of drug-likeness (QED) is 0.671. The molecular weight excluding hydrogens is 254 g/mol. The molecule has 0 radical (unpaired) electrons. The Kier molecular flexibility index (Phi) is 4.15. The Morgan fingerprint density at radius 2 is 1.89 bits per heavy atom. The van der Waals surface area contributed by atoms with Gasteiger partial charge < -0.3 is 0 Å². The predicted octanol–water partition coefficient (Wildman–Crippen LogP) is 5.53. The van der Waals surface area contributed by atoms with E-state index in [0.717, 1.165) is 17.5 Å². The highest BCUT2D eigenvalue weighted by Gasteiger charge is 2.19. The van der Waals surface area contributed by atoms with Crippen LogP contribution in [0.1, 0.15) is 51.7 Å². The Hall–Kier alpha value is -1.08. The van der Waals surface area contributed by atoms with Crippen LogP contribution in [0.15, 0.2) is 24.3 Å². The normalized spacial score (nSPS) is 12.1. The minimum atomic E-state index is 0.0255. The van der Waals surface area contributed by atoms with Crippen molar-refractivity contribution >= 4 is 22.5 Å². The highest BCUT2D eigenvalue weighted by Crippen LogP contribution is 2.31. The van der Waals surface area contributed by atoms with Crippen LogP contribution in [0.2, 0.25) is 5.15 Å². The summed E-state index contributed by atoms with van der Waals surface area (Å²) in [6, 6.07) is 8.69. The van der Waals surface area contributed by atoms with Crippen LogP contribution in [0.4, 0.5) is 0 Å². The lowest BCUT2D eigenvalue weighted by molar-refractivity contribution is 0.589. The van der Waals surface area contributed by atoms with Crippen molar-refractivity contribution in [2.24, 2.45) is 0 Å². The van der Waals surface area contributed by atoms with E-state index in [1.807, 2.05) is 0 Å². The summed E-state index contributed by atoms with van der Waals surface area (Å²) >= 11 is 6.30. The first kappa shape index (κ1) is 14.3. The predicted molar refractivity (Wildman–Crippen MR) is 84.1 cm³/mol. The second kappa shape index (κ2) is 5.50. The molecule has 2 rings (SSSR count). The van der Waals surface area contributed by atoms with Crippen LogP contribution < -0.4 is 0 Å². The van der Waals surface area contributed by atoms with Gasteiger partial charge in [0, 0.05) is 5.39 Å². The van der Waals surface area contributed by atoms with Gasteiger partial charge in [-0.25, -0.2) is 4.98 Å². The van der Waals surface area contributed by atoms with Crippen LogP contribution in [0.25, 0.3) is 10.9 Å². The number of aryl methyl sites for hydroxylation is 1. The maximum atomic E-state index is 6.30. The lowest BCUT2D eigenvalue weighted by Crippen LogP contribution is -2.12. The fourth-order valence-corrected chi connectivity index (χ4v) is 2.69. The first-order chi connectivity index (χ1) is 8.91. The van der Waals surface area contributed by atoms with E-state index in [1.54, 1.807) is 0 Å². The molecule has 1 nitrogen and oxygen atoms in total. The zero-order valence-corrected chi connectivity index (χ0v) is 13.0. The number of hydrogen-bond donors (Lipinski definition) is 0. The Labute approximate surface area is 121 Å². The molecule has 0 bridgehead atoms. The fraction of sp³-hybridized carbons (Fsp3) is 0.471. The number of unbranched alkanes of at least 4 members (excludes halogenated alkanes) is 1. The molecule has 0 unspecified atom stereocenters. The van der Waals surface area contributed by atoms with Crippen molar-refractivity contribution in [2.45, 2.75) is 52.4 Å². The SMILES string of the molecule is CCCCc1ccc2nc(Cl)c(C(C)(C)C)cc2c1. The van der Waals surface area contributed by atoms with Crippen molar-refractivity contribution in [1.82, 2.24) is 4.98 Å². The Morgan fingerprint density at radius 3 is 2.53 bits per heavy atom. The van der Waals surface area contributed by atoms with Crippen molar-refractivity contribution in [3.05, 3.63) is 40.5 Å². The Bertz CT molecular complexity index is 582. The van der Waals surface area contributed by atoms with E-state index in [9.17, 15) is 0 Å². The van der Waals surface area contributed by atoms with Crippen LogP contribution in [-0.2, 0) is 11.8 Å². The topological polar surface area (TPSA) is 12.9 Å². The number of pyridine rings is 1. The maximum Gasteiger partial charge on any atom is 0.133 e. The molecule has 0 amide bonds. The Balaban J connectivity index is 2.49. The molecule has 0 aliphatic carbocycles. The summed E-state index contributed by atoms with van der Waals surface area (Å²) < 4.78 is 0. The van der Waals surface area contributed by atoms with Gasteiger partial charge in [-0.3, -0.25) is 0 Å². The second-order valence-corrected chi connectivity index (χ2v) is 6.57. The van der Waals surface area contributed by atoms with Crippen LogP contribution >= 0.6 is 11.6 Å². The lowest BCUT2D eigenvalue weighted by atomic mass is 9.87. The molecule has 2 heteroatoms. The lowest BCUT2D eigenvalue weighted by Gasteiger charge is -2.20. The molecule has 0 atom stereocenters. The molecule has 2 aromatic rings. The molecular formula is C17H22ClN. The molecule has 0 spiro atoms. The second-order valence-electron chi connectivity index (χ2n) is 6.21. The summed E-state index contributed by atoms with van der Waals surface area (Å²) in [5.74, 6) is 0. The van der Waals surface area contributed by atoms with Gasteiger partial charge in [-0.2, -0.15) is 0 Å². The molecule has 0 aliphatic heterocycles. The average Bonchev–Trinajstić information content (AvgIpc) is 2.34. The largest absolute Gasteiger partial charge is 0.236 e. The highest BCUT2D eigenvalue weighted by atomic mass is 35.5. The molecule has 1 aromatic heterocycles. The number of hydrogen-bond acceptors (Lipinski definition) is 1. The number of aromatic nitrogens is 1. The molecule has 1 heterocycles. The summed E-state index contributed by atoms with van der Waals surface area (Å²) in [4.78, 5) is 4.53. The van der Waals surface area contributed by atoms with Gasteiger partial charge in [-0.05, 0) is 47.6 Å². The molecule has 102 valence electrons. The average molecular weight is 276 g/mol. The van der Waals surface area contributed by atoms with Crippen LogP contribution in [0.5, 0.6) is 0 Å². The molecule has 1 aromatic carbocycles. The summed E-state index contributed by atoms with van der Waals surface area (Å²) in [7, 11) is 0. The van der Waals surface area contributed by atoms with Crippen LogP contribution in [-0.4, -0.2) is 4.98 Å². The smallest absolute Gasteiger partial charge is 0.133 e. The number of nitrogens with zero attached hydrogens (tertiary/aromatic N) is 1. The molecule has 19 heavy (non-hydrogen) atoms. The van der Waals surface area contributed by atoms with E-state index in [2.05, 4.69) is 56.9 Å². The third-order valence-electron chi connectivity index (χ3n) is 3.46. The van der Waals surface area contributed by atoms with Crippen molar-refractivity contribution in [3.63, 3.8) is 0 Å².